The summed E-state index contributed by atoms with van der Waals surface area (Å²) < 4.78 is 0. The molecule has 0 unspecified atom stereocenters. The maximum Gasteiger partial charge on any atom is 0.246 e. The van der Waals surface area contributed by atoms with Gasteiger partial charge in [0.2, 0.25) is 11.8 Å². The van der Waals surface area contributed by atoms with Crippen molar-refractivity contribution in [2.75, 3.05) is 19.7 Å². The highest BCUT2D eigenvalue weighted by molar-refractivity contribution is 5.97. The van der Waals surface area contributed by atoms with E-state index in [1.807, 2.05) is 48.5 Å². The van der Waals surface area contributed by atoms with Gasteiger partial charge in [-0.25, -0.2) is 0 Å². The Labute approximate surface area is 162 Å². The summed E-state index contributed by atoms with van der Waals surface area (Å²) in [5.74, 6) is -0.179. The van der Waals surface area contributed by atoms with Gasteiger partial charge < -0.3 is 19.9 Å². The summed E-state index contributed by atoms with van der Waals surface area (Å²) in [6.07, 6.45) is 0.481. The summed E-state index contributed by atoms with van der Waals surface area (Å²) in [6, 6.07) is 17.0. The van der Waals surface area contributed by atoms with Crippen molar-refractivity contribution in [2.45, 2.75) is 18.5 Å². The monoisotopic (exact) mass is 375 g/mol. The van der Waals surface area contributed by atoms with Crippen molar-refractivity contribution in [1.29, 1.82) is 0 Å². The van der Waals surface area contributed by atoms with Crippen LogP contribution in [0.4, 0.5) is 0 Å². The minimum atomic E-state index is -0.551. The van der Waals surface area contributed by atoms with Crippen molar-refractivity contribution in [3.63, 3.8) is 0 Å². The molecular weight excluding hydrogens is 354 g/mol. The number of nitrogens with zero attached hydrogens (tertiary/aromatic N) is 2. The topological polar surface area (TPSA) is 76.6 Å². The number of hydrogen-bond donors (Lipinski definition) is 2. The third-order valence-electron chi connectivity index (χ3n) is 5.83. The molecule has 2 atom stereocenters. The van der Waals surface area contributed by atoms with E-state index in [1.165, 1.54) is 4.90 Å². The number of fused-ring (bicyclic) bond motifs is 4. The van der Waals surface area contributed by atoms with E-state index < -0.39 is 6.04 Å². The molecule has 0 bridgehead atoms. The predicted molar refractivity (Wildman–Crippen MR) is 105 cm³/mol. The summed E-state index contributed by atoms with van der Waals surface area (Å²) >= 11 is 0. The number of rotatable bonds is 3. The van der Waals surface area contributed by atoms with E-state index >= 15 is 0 Å². The summed E-state index contributed by atoms with van der Waals surface area (Å²) in [6.45, 7) is 0.0483. The van der Waals surface area contributed by atoms with Gasteiger partial charge in [0.25, 0.3) is 0 Å². The number of H-pyrrole nitrogens is 1. The first-order valence-corrected chi connectivity index (χ1v) is 9.54. The Hall–Kier alpha value is -3.12. The van der Waals surface area contributed by atoms with Gasteiger partial charge in [0, 0.05) is 29.6 Å². The number of carbonyl (C=O) groups is 2. The molecule has 2 aromatic carbocycles. The lowest BCUT2D eigenvalue weighted by atomic mass is 9.86. The Morgan fingerprint density at radius 2 is 1.79 bits per heavy atom. The van der Waals surface area contributed by atoms with Crippen LogP contribution in [0.2, 0.25) is 0 Å². The maximum absolute atomic E-state index is 13.2. The lowest BCUT2D eigenvalue weighted by molar-refractivity contribution is -0.159. The molecule has 1 fully saturated rings. The Kier molecular flexibility index (Phi) is 3.94. The second-order valence-corrected chi connectivity index (χ2v) is 7.38. The minimum Gasteiger partial charge on any atom is -0.395 e. The molecule has 3 aromatic rings. The molecule has 0 spiro atoms. The molecule has 5 rings (SSSR count). The van der Waals surface area contributed by atoms with Gasteiger partial charge in [-0.2, -0.15) is 0 Å². The van der Waals surface area contributed by atoms with Crippen molar-refractivity contribution in [3.05, 3.63) is 71.4 Å². The lowest BCUT2D eigenvalue weighted by Crippen LogP contribution is -2.63. The van der Waals surface area contributed by atoms with Gasteiger partial charge in [-0.3, -0.25) is 9.59 Å². The van der Waals surface area contributed by atoms with Gasteiger partial charge in [0.1, 0.15) is 6.04 Å². The summed E-state index contributed by atoms with van der Waals surface area (Å²) in [5, 5.41) is 10.4. The SMILES string of the molecule is O=C1[C@@H]2Cc3c([nH]c4ccccc34)[C@@H](c3ccccc3)N2C(=O)CN1CCO. The average molecular weight is 375 g/mol. The van der Waals surface area contributed by atoms with E-state index in [-0.39, 0.29) is 37.6 Å². The molecular formula is C22H21N3O3. The van der Waals surface area contributed by atoms with Crippen molar-refractivity contribution in [2.24, 2.45) is 0 Å². The summed E-state index contributed by atoms with van der Waals surface area (Å²) in [4.78, 5) is 33.0. The highest BCUT2D eigenvalue weighted by Crippen LogP contribution is 2.42. The zero-order valence-corrected chi connectivity index (χ0v) is 15.3. The quantitative estimate of drug-likeness (QED) is 0.733. The number of benzene rings is 2. The van der Waals surface area contributed by atoms with Crippen LogP contribution in [0.1, 0.15) is 22.9 Å². The van der Waals surface area contributed by atoms with E-state index in [2.05, 4.69) is 11.1 Å². The highest BCUT2D eigenvalue weighted by Gasteiger charge is 2.47. The van der Waals surface area contributed by atoms with Crippen LogP contribution in [0, 0.1) is 0 Å². The van der Waals surface area contributed by atoms with Crippen molar-refractivity contribution >= 4 is 22.7 Å². The van der Waals surface area contributed by atoms with Crippen LogP contribution in [0.25, 0.3) is 10.9 Å². The first-order valence-electron chi connectivity index (χ1n) is 9.54. The standard InChI is InChI=1S/C22H21N3O3/c26-11-10-24-13-19(27)25-18(22(24)28)12-16-15-8-4-5-9-17(15)23-20(16)21(25)14-6-2-1-3-7-14/h1-9,18,21,23,26H,10-13H2/t18-,21+/m0/s1. The largest absolute Gasteiger partial charge is 0.395 e. The number of aromatic amines is 1. The number of amides is 2. The van der Waals surface area contributed by atoms with Crippen molar-refractivity contribution in [1.82, 2.24) is 14.8 Å². The molecule has 142 valence electrons. The van der Waals surface area contributed by atoms with Crippen LogP contribution in [-0.2, 0) is 16.0 Å². The van der Waals surface area contributed by atoms with Crippen molar-refractivity contribution < 1.29 is 14.7 Å². The van der Waals surface area contributed by atoms with Crippen LogP contribution in [0.5, 0.6) is 0 Å². The molecule has 2 aliphatic heterocycles. The number of aliphatic hydroxyl groups excluding tert-OH is 1. The van der Waals surface area contributed by atoms with Gasteiger partial charge in [-0.05, 0) is 17.2 Å². The molecule has 28 heavy (non-hydrogen) atoms. The molecule has 1 saturated heterocycles. The van der Waals surface area contributed by atoms with Gasteiger partial charge >= 0.3 is 0 Å². The van der Waals surface area contributed by atoms with E-state index in [1.54, 1.807) is 4.90 Å². The number of nitrogens with one attached hydrogen (secondary N) is 1. The molecule has 2 amide bonds. The number of β-amino-alcohol motifs (C(OH)–C–C–N with tert-alkyl or cyclic N) is 1. The molecule has 2 aliphatic rings. The zero-order valence-electron chi connectivity index (χ0n) is 15.3. The smallest absolute Gasteiger partial charge is 0.246 e. The third-order valence-corrected chi connectivity index (χ3v) is 5.83. The predicted octanol–water partition coefficient (Wildman–Crippen LogP) is 1.85. The second-order valence-electron chi connectivity index (χ2n) is 7.38. The van der Waals surface area contributed by atoms with Crippen LogP contribution < -0.4 is 0 Å². The first kappa shape index (κ1) is 17.0. The molecule has 0 aliphatic carbocycles. The number of carbonyl (C=O) groups excluding carboxylic acids is 2. The Morgan fingerprint density at radius 1 is 1.04 bits per heavy atom. The molecule has 0 saturated carbocycles. The Morgan fingerprint density at radius 3 is 2.57 bits per heavy atom. The molecule has 1 aromatic heterocycles. The Bertz CT molecular complexity index is 1060. The van der Waals surface area contributed by atoms with Gasteiger partial charge in [-0.15, -0.1) is 0 Å². The maximum atomic E-state index is 13.2. The Balaban J connectivity index is 1.71. The van der Waals surface area contributed by atoms with E-state index in [0.29, 0.717) is 6.42 Å². The number of para-hydroxylation sites is 1. The highest BCUT2D eigenvalue weighted by atomic mass is 16.3. The molecule has 2 N–H and O–H groups in total. The van der Waals surface area contributed by atoms with Gasteiger partial charge in [-0.1, -0.05) is 48.5 Å². The van der Waals surface area contributed by atoms with Crippen LogP contribution in [-0.4, -0.2) is 57.4 Å². The van der Waals surface area contributed by atoms with Crippen LogP contribution in [0.15, 0.2) is 54.6 Å². The third kappa shape index (κ3) is 2.45. The van der Waals surface area contributed by atoms with Gasteiger partial charge in [0.05, 0.1) is 19.2 Å². The van der Waals surface area contributed by atoms with Crippen LogP contribution in [0.3, 0.4) is 0 Å². The van der Waals surface area contributed by atoms with Gasteiger partial charge in [0.15, 0.2) is 0 Å². The van der Waals surface area contributed by atoms with Crippen LogP contribution >= 0.6 is 0 Å². The summed E-state index contributed by atoms with van der Waals surface area (Å²) in [5.41, 5.74) is 4.08. The van der Waals surface area contributed by atoms with E-state index in [0.717, 1.165) is 27.7 Å². The van der Waals surface area contributed by atoms with E-state index in [9.17, 15) is 14.7 Å². The van der Waals surface area contributed by atoms with Crippen molar-refractivity contribution in [3.8, 4) is 0 Å². The molecule has 3 heterocycles. The first-order chi connectivity index (χ1) is 13.7. The normalized spacial score (nSPS) is 21.8. The fraction of sp³-hybridized carbons (Fsp3) is 0.273. The summed E-state index contributed by atoms with van der Waals surface area (Å²) in [7, 11) is 0. The van der Waals surface area contributed by atoms with E-state index in [4.69, 9.17) is 0 Å². The number of aliphatic hydroxyl groups is 1. The number of piperazine rings is 1. The number of hydrogen-bond acceptors (Lipinski definition) is 3. The fourth-order valence-corrected chi connectivity index (χ4v) is 4.62. The average Bonchev–Trinajstić information content (AvgIpc) is 3.09. The lowest BCUT2D eigenvalue weighted by Gasteiger charge is -2.47. The minimum absolute atomic E-state index is 0.00872. The second kappa shape index (κ2) is 6.49. The fourth-order valence-electron chi connectivity index (χ4n) is 4.62. The number of aromatic nitrogens is 1. The molecule has 6 heteroatoms. The zero-order chi connectivity index (χ0) is 19.3. The molecule has 6 nitrogen and oxygen atoms in total. The molecule has 0 radical (unpaired) electrons.